The smallest absolute Gasteiger partial charge is 0.305 e. The molecule has 0 aromatic rings. The van der Waals surface area contributed by atoms with Crippen LogP contribution < -0.4 is 5.32 Å². The number of esters is 1. The van der Waals surface area contributed by atoms with Crippen molar-refractivity contribution in [2.24, 2.45) is 0 Å². The lowest BCUT2D eigenvalue weighted by Gasteiger charge is -2.03. The van der Waals surface area contributed by atoms with Crippen LogP contribution in [-0.2, 0) is 14.3 Å². The Labute approximate surface area is 123 Å². The van der Waals surface area contributed by atoms with Crippen LogP contribution in [0, 0.1) is 0 Å². The van der Waals surface area contributed by atoms with E-state index in [4.69, 9.17) is 4.74 Å². The molecule has 0 radical (unpaired) electrons. The van der Waals surface area contributed by atoms with E-state index in [0.717, 1.165) is 32.2 Å². The van der Waals surface area contributed by atoms with Crippen molar-refractivity contribution in [1.29, 1.82) is 0 Å². The SMILES string of the molecule is CCNC(=O)CCCCCCCCCCC(=O)OCC. The van der Waals surface area contributed by atoms with Gasteiger partial charge < -0.3 is 10.1 Å². The molecule has 0 bridgehead atoms. The monoisotopic (exact) mass is 285 g/mol. The maximum absolute atomic E-state index is 11.2. The Bertz CT molecular complexity index is 228. The minimum absolute atomic E-state index is 0.0714. The maximum atomic E-state index is 11.2. The first-order valence-electron chi connectivity index (χ1n) is 8.13. The number of hydrogen-bond acceptors (Lipinski definition) is 3. The first-order valence-corrected chi connectivity index (χ1v) is 8.13. The van der Waals surface area contributed by atoms with Gasteiger partial charge in [0.25, 0.3) is 0 Å². The number of unbranched alkanes of at least 4 members (excludes halogenated alkanes) is 7. The first kappa shape index (κ1) is 18.9. The summed E-state index contributed by atoms with van der Waals surface area (Å²) in [5.41, 5.74) is 0. The van der Waals surface area contributed by atoms with Crippen LogP contribution in [0.15, 0.2) is 0 Å². The van der Waals surface area contributed by atoms with Crippen molar-refractivity contribution >= 4 is 11.9 Å². The molecule has 0 spiro atoms. The van der Waals surface area contributed by atoms with Gasteiger partial charge in [-0.05, 0) is 26.7 Å². The van der Waals surface area contributed by atoms with Gasteiger partial charge in [-0.25, -0.2) is 0 Å². The Hall–Kier alpha value is -1.06. The normalized spacial score (nSPS) is 10.3. The Kier molecular flexibility index (Phi) is 13.6. The van der Waals surface area contributed by atoms with Gasteiger partial charge in [-0.3, -0.25) is 9.59 Å². The first-order chi connectivity index (χ1) is 9.70. The number of hydrogen-bond donors (Lipinski definition) is 1. The summed E-state index contributed by atoms with van der Waals surface area (Å²) >= 11 is 0. The fraction of sp³-hybridized carbons (Fsp3) is 0.875. The number of carbonyl (C=O) groups is 2. The summed E-state index contributed by atoms with van der Waals surface area (Å²) in [4.78, 5) is 22.3. The molecule has 0 aliphatic carbocycles. The highest BCUT2D eigenvalue weighted by molar-refractivity contribution is 5.75. The third-order valence-corrected chi connectivity index (χ3v) is 3.21. The minimum atomic E-state index is -0.0714. The van der Waals surface area contributed by atoms with E-state index >= 15 is 0 Å². The van der Waals surface area contributed by atoms with Crippen molar-refractivity contribution < 1.29 is 14.3 Å². The van der Waals surface area contributed by atoms with E-state index in [-0.39, 0.29) is 11.9 Å². The summed E-state index contributed by atoms with van der Waals surface area (Å²) < 4.78 is 4.88. The molecule has 0 atom stereocenters. The largest absolute Gasteiger partial charge is 0.466 e. The number of rotatable bonds is 13. The van der Waals surface area contributed by atoms with Crippen LogP contribution in [0.5, 0.6) is 0 Å². The zero-order valence-electron chi connectivity index (χ0n) is 13.2. The van der Waals surface area contributed by atoms with Gasteiger partial charge in [0.2, 0.25) is 5.91 Å². The van der Waals surface area contributed by atoms with Crippen LogP contribution in [0.25, 0.3) is 0 Å². The predicted octanol–water partition coefficient (Wildman–Crippen LogP) is 3.59. The van der Waals surface area contributed by atoms with Crippen LogP contribution in [0.3, 0.4) is 0 Å². The van der Waals surface area contributed by atoms with E-state index in [1.165, 1.54) is 25.7 Å². The average molecular weight is 285 g/mol. The standard InChI is InChI=1S/C16H31NO3/c1-3-17-15(18)13-11-9-7-5-6-8-10-12-14-16(19)20-4-2/h3-14H2,1-2H3,(H,17,18). The average Bonchev–Trinajstić information content (AvgIpc) is 2.41. The zero-order chi connectivity index (χ0) is 15.1. The van der Waals surface area contributed by atoms with Gasteiger partial charge in [0, 0.05) is 19.4 Å². The molecule has 20 heavy (non-hydrogen) atoms. The number of carbonyl (C=O) groups excluding carboxylic acids is 2. The molecule has 0 heterocycles. The van der Waals surface area contributed by atoms with Gasteiger partial charge in [0.15, 0.2) is 0 Å². The lowest BCUT2D eigenvalue weighted by atomic mass is 10.1. The molecule has 0 saturated heterocycles. The predicted molar refractivity (Wildman–Crippen MR) is 81.5 cm³/mol. The van der Waals surface area contributed by atoms with Gasteiger partial charge in [0.1, 0.15) is 0 Å². The van der Waals surface area contributed by atoms with E-state index in [1.807, 2.05) is 13.8 Å². The molecule has 118 valence electrons. The van der Waals surface area contributed by atoms with Gasteiger partial charge in [-0.15, -0.1) is 0 Å². The molecule has 0 saturated carbocycles. The molecule has 0 aliphatic heterocycles. The summed E-state index contributed by atoms with van der Waals surface area (Å²) in [7, 11) is 0. The zero-order valence-corrected chi connectivity index (χ0v) is 13.2. The Morgan fingerprint density at radius 2 is 1.30 bits per heavy atom. The van der Waals surface area contributed by atoms with Gasteiger partial charge in [-0.1, -0.05) is 38.5 Å². The summed E-state index contributed by atoms with van der Waals surface area (Å²) in [6.07, 6.45) is 10.3. The quantitative estimate of drug-likeness (QED) is 0.415. The molecule has 0 rings (SSSR count). The lowest BCUT2D eigenvalue weighted by Crippen LogP contribution is -2.21. The molecular weight excluding hydrogens is 254 g/mol. The lowest BCUT2D eigenvalue weighted by molar-refractivity contribution is -0.143. The van der Waals surface area contributed by atoms with Crippen molar-refractivity contribution in [3.63, 3.8) is 0 Å². The molecule has 1 amide bonds. The van der Waals surface area contributed by atoms with Crippen molar-refractivity contribution in [3.8, 4) is 0 Å². The Morgan fingerprint density at radius 1 is 0.800 bits per heavy atom. The number of ether oxygens (including phenoxy) is 1. The van der Waals surface area contributed by atoms with E-state index in [9.17, 15) is 9.59 Å². The summed E-state index contributed by atoms with van der Waals surface area (Å²) in [5.74, 6) is 0.101. The Balaban J connectivity index is 3.13. The summed E-state index contributed by atoms with van der Waals surface area (Å²) in [6, 6.07) is 0. The number of amides is 1. The summed E-state index contributed by atoms with van der Waals surface area (Å²) in [6.45, 7) is 4.99. The molecular formula is C16H31NO3. The van der Waals surface area contributed by atoms with Crippen LogP contribution in [0.2, 0.25) is 0 Å². The van der Waals surface area contributed by atoms with Gasteiger partial charge >= 0.3 is 5.97 Å². The third-order valence-electron chi connectivity index (χ3n) is 3.21. The van der Waals surface area contributed by atoms with Crippen molar-refractivity contribution in [2.75, 3.05) is 13.2 Å². The molecule has 0 aliphatic rings. The highest BCUT2D eigenvalue weighted by Gasteiger charge is 2.01. The maximum Gasteiger partial charge on any atom is 0.305 e. The fourth-order valence-electron chi connectivity index (χ4n) is 2.13. The molecule has 0 fully saturated rings. The molecule has 0 aromatic heterocycles. The molecule has 4 heteroatoms. The van der Waals surface area contributed by atoms with Gasteiger partial charge in [-0.2, -0.15) is 0 Å². The Morgan fingerprint density at radius 3 is 1.80 bits per heavy atom. The van der Waals surface area contributed by atoms with Gasteiger partial charge in [0.05, 0.1) is 6.61 Å². The number of nitrogens with one attached hydrogen (secondary N) is 1. The van der Waals surface area contributed by atoms with Crippen molar-refractivity contribution in [3.05, 3.63) is 0 Å². The second-order valence-corrected chi connectivity index (χ2v) is 5.09. The molecule has 1 N–H and O–H groups in total. The second kappa shape index (κ2) is 14.4. The summed E-state index contributed by atoms with van der Waals surface area (Å²) in [5, 5.41) is 2.81. The van der Waals surface area contributed by atoms with Crippen molar-refractivity contribution in [1.82, 2.24) is 5.32 Å². The van der Waals surface area contributed by atoms with Crippen LogP contribution in [-0.4, -0.2) is 25.0 Å². The van der Waals surface area contributed by atoms with Crippen LogP contribution >= 0.6 is 0 Å². The van der Waals surface area contributed by atoms with E-state index in [1.54, 1.807) is 0 Å². The van der Waals surface area contributed by atoms with E-state index < -0.39 is 0 Å². The third kappa shape index (κ3) is 13.4. The van der Waals surface area contributed by atoms with E-state index in [2.05, 4.69) is 5.32 Å². The van der Waals surface area contributed by atoms with E-state index in [0.29, 0.717) is 19.4 Å². The fourth-order valence-corrected chi connectivity index (χ4v) is 2.13. The van der Waals surface area contributed by atoms with Crippen molar-refractivity contribution in [2.45, 2.75) is 78.1 Å². The topological polar surface area (TPSA) is 55.4 Å². The highest BCUT2D eigenvalue weighted by Crippen LogP contribution is 2.10. The molecule has 4 nitrogen and oxygen atoms in total. The molecule has 0 unspecified atom stereocenters. The van der Waals surface area contributed by atoms with Crippen LogP contribution in [0.1, 0.15) is 78.1 Å². The highest BCUT2D eigenvalue weighted by atomic mass is 16.5. The second-order valence-electron chi connectivity index (χ2n) is 5.09. The minimum Gasteiger partial charge on any atom is -0.466 e. The van der Waals surface area contributed by atoms with Crippen LogP contribution in [0.4, 0.5) is 0 Å². The molecule has 0 aromatic carbocycles.